The number of hydrogen-bond acceptors (Lipinski definition) is 3. The van der Waals surface area contributed by atoms with Crippen LogP contribution in [-0.4, -0.2) is 29.2 Å². The van der Waals surface area contributed by atoms with Gasteiger partial charge in [-0.25, -0.2) is 4.99 Å². The molecule has 1 aromatic heterocycles. The van der Waals surface area contributed by atoms with Gasteiger partial charge in [-0.2, -0.15) is 5.10 Å². The summed E-state index contributed by atoms with van der Waals surface area (Å²) in [6.45, 7) is 1.44. The predicted octanol–water partition coefficient (Wildman–Crippen LogP) is 1.34. The normalized spacial score (nSPS) is 15.6. The zero-order chi connectivity index (χ0) is 9.38. The van der Waals surface area contributed by atoms with Crippen LogP contribution in [0.25, 0.3) is 10.9 Å². The van der Waals surface area contributed by atoms with Gasteiger partial charge in [0.25, 0.3) is 0 Å². The molecule has 0 atom stereocenters. The van der Waals surface area contributed by atoms with Crippen molar-refractivity contribution in [2.24, 2.45) is 4.99 Å². The van der Waals surface area contributed by atoms with E-state index in [4.69, 9.17) is 4.74 Å². The lowest BCUT2D eigenvalue weighted by Gasteiger charge is -2.01. The van der Waals surface area contributed by atoms with Crippen molar-refractivity contribution < 1.29 is 4.74 Å². The number of ether oxygens (including phenoxy) is 1. The molecule has 4 nitrogen and oxygen atoms in total. The summed E-state index contributed by atoms with van der Waals surface area (Å²) in [4.78, 5) is 4.29. The van der Waals surface area contributed by atoms with E-state index in [1.165, 1.54) is 0 Å². The standard InChI is InChI=1S/C10H9N3O/c1-2-7(10-11-4-5-14-10)8-6-12-13-9(8)3-1/h1-3,6H,4-5H2,(H,12,13). The fraction of sp³-hybridized carbons (Fsp3) is 0.200. The Morgan fingerprint density at radius 1 is 1.36 bits per heavy atom. The molecule has 0 spiro atoms. The van der Waals surface area contributed by atoms with Crippen molar-refractivity contribution in [2.75, 3.05) is 13.2 Å². The monoisotopic (exact) mass is 187 g/mol. The van der Waals surface area contributed by atoms with Gasteiger partial charge in [0.1, 0.15) is 6.61 Å². The van der Waals surface area contributed by atoms with Gasteiger partial charge in [-0.05, 0) is 12.1 Å². The summed E-state index contributed by atoms with van der Waals surface area (Å²) in [5.74, 6) is 0.733. The zero-order valence-electron chi connectivity index (χ0n) is 7.53. The van der Waals surface area contributed by atoms with Gasteiger partial charge in [0.2, 0.25) is 5.90 Å². The lowest BCUT2D eigenvalue weighted by atomic mass is 10.1. The molecule has 14 heavy (non-hydrogen) atoms. The predicted molar refractivity (Wildman–Crippen MR) is 53.4 cm³/mol. The maximum Gasteiger partial charge on any atom is 0.217 e. The van der Waals surface area contributed by atoms with E-state index in [0.29, 0.717) is 6.61 Å². The number of rotatable bonds is 1. The number of aromatic nitrogens is 2. The number of nitrogens with zero attached hydrogens (tertiary/aromatic N) is 2. The van der Waals surface area contributed by atoms with Crippen LogP contribution in [0.5, 0.6) is 0 Å². The van der Waals surface area contributed by atoms with Gasteiger partial charge in [0.15, 0.2) is 0 Å². The van der Waals surface area contributed by atoms with Gasteiger partial charge in [0, 0.05) is 10.9 Å². The molecule has 1 aromatic carbocycles. The van der Waals surface area contributed by atoms with Gasteiger partial charge in [-0.3, -0.25) is 5.10 Å². The minimum Gasteiger partial charge on any atom is -0.475 e. The molecule has 1 N–H and O–H groups in total. The summed E-state index contributed by atoms with van der Waals surface area (Å²) in [5.41, 5.74) is 2.04. The third-order valence-electron chi connectivity index (χ3n) is 2.30. The topological polar surface area (TPSA) is 50.3 Å². The number of benzene rings is 1. The average Bonchev–Trinajstić information content (AvgIpc) is 2.88. The molecule has 0 saturated carbocycles. The molecule has 0 saturated heterocycles. The molecule has 1 aliphatic rings. The molecule has 0 unspecified atom stereocenters. The third-order valence-corrected chi connectivity index (χ3v) is 2.30. The van der Waals surface area contributed by atoms with E-state index < -0.39 is 0 Å². The van der Waals surface area contributed by atoms with Gasteiger partial charge in [-0.15, -0.1) is 0 Å². The van der Waals surface area contributed by atoms with Crippen LogP contribution in [0.4, 0.5) is 0 Å². The quantitative estimate of drug-likeness (QED) is 0.732. The number of fused-ring (bicyclic) bond motifs is 1. The summed E-state index contributed by atoms with van der Waals surface area (Å²) >= 11 is 0. The molecule has 0 fully saturated rings. The summed E-state index contributed by atoms with van der Waals surface area (Å²) < 4.78 is 5.42. The highest BCUT2D eigenvalue weighted by molar-refractivity contribution is 6.06. The minimum absolute atomic E-state index is 0.684. The SMILES string of the molecule is c1cc(C2=NCCO2)c2cn[nH]c2c1. The molecule has 0 amide bonds. The van der Waals surface area contributed by atoms with E-state index in [-0.39, 0.29) is 0 Å². The van der Waals surface area contributed by atoms with Crippen LogP contribution >= 0.6 is 0 Å². The zero-order valence-corrected chi connectivity index (χ0v) is 7.53. The summed E-state index contributed by atoms with van der Waals surface area (Å²) in [6.07, 6.45) is 1.80. The van der Waals surface area contributed by atoms with Crippen LogP contribution in [0.1, 0.15) is 5.56 Å². The van der Waals surface area contributed by atoms with Crippen molar-refractivity contribution in [1.82, 2.24) is 10.2 Å². The molecule has 3 rings (SSSR count). The van der Waals surface area contributed by atoms with Gasteiger partial charge in [-0.1, -0.05) is 6.07 Å². The third kappa shape index (κ3) is 1.00. The number of hydrogen-bond donors (Lipinski definition) is 1. The van der Waals surface area contributed by atoms with Crippen LogP contribution in [0.3, 0.4) is 0 Å². The van der Waals surface area contributed by atoms with E-state index in [2.05, 4.69) is 15.2 Å². The number of H-pyrrole nitrogens is 1. The van der Waals surface area contributed by atoms with E-state index in [0.717, 1.165) is 28.9 Å². The van der Waals surface area contributed by atoms with E-state index in [9.17, 15) is 0 Å². The van der Waals surface area contributed by atoms with Crippen molar-refractivity contribution >= 4 is 16.8 Å². The fourth-order valence-corrected chi connectivity index (χ4v) is 1.65. The molecule has 2 heterocycles. The Hall–Kier alpha value is -1.84. The Morgan fingerprint density at radius 2 is 2.36 bits per heavy atom. The van der Waals surface area contributed by atoms with Gasteiger partial charge in [0.05, 0.1) is 18.3 Å². The first-order valence-electron chi connectivity index (χ1n) is 4.55. The van der Waals surface area contributed by atoms with Crippen molar-refractivity contribution in [3.05, 3.63) is 30.0 Å². The van der Waals surface area contributed by atoms with Crippen molar-refractivity contribution in [3.63, 3.8) is 0 Å². The fourth-order valence-electron chi connectivity index (χ4n) is 1.65. The summed E-state index contributed by atoms with van der Waals surface area (Å²) in [5, 5.41) is 7.98. The highest BCUT2D eigenvalue weighted by Crippen LogP contribution is 2.18. The smallest absolute Gasteiger partial charge is 0.217 e. The van der Waals surface area contributed by atoms with Crippen molar-refractivity contribution in [2.45, 2.75) is 0 Å². The largest absolute Gasteiger partial charge is 0.475 e. The number of nitrogens with one attached hydrogen (secondary N) is 1. The molecule has 70 valence electrons. The molecular formula is C10H9N3O. The molecule has 1 aliphatic heterocycles. The van der Waals surface area contributed by atoms with E-state index in [1.54, 1.807) is 6.20 Å². The Morgan fingerprint density at radius 3 is 3.21 bits per heavy atom. The maximum atomic E-state index is 5.42. The second kappa shape index (κ2) is 2.83. The molecule has 0 bridgehead atoms. The van der Waals surface area contributed by atoms with Crippen LogP contribution in [0.15, 0.2) is 29.4 Å². The van der Waals surface area contributed by atoms with Gasteiger partial charge >= 0.3 is 0 Å². The van der Waals surface area contributed by atoms with E-state index in [1.807, 2.05) is 18.2 Å². The summed E-state index contributed by atoms with van der Waals surface area (Å²) in [7, 11) is 0. The minimum atomic E-state index is 0.684. The molecule has 0 aliphatic carbocycles. The highest BCUT2D eigenvalue weighted by atomic mass is 16.5. The molecule has 0 radical (unpaired) electrons. The summed E-state index contributed by atoms with van der Waals surface area (Å²) in [6, 6.07) is 5.96. The van der Waals surface area contributed by atoms with Crippen LogP contribution < -0.4 is 0 Å². The lowest BCUT2D eigenvalue weighted by molar-refractivity contribution is 0.348. The van der Waals surface area contributed by atoms with Gasteiger partial charge < -0.3 is 4.74 Å². The van der Waals surface area contributed by atoms with Crippen molar-refractivity contribution in [3.8, 4) is 0 Å². The van der Waals surface area contributed by atoms with Crippen molar-refractivity contribution in [1.29, 1.82) is 0 Å². The van der Waals surface area contributed by atoms with E-state index >= 15 is 0 Å². The van der Waals surface area contributed by atoms with Crippen LogP contribution in [-0.2, 0) is 4.74 Å². The molecular weight excluding hydrogens is 178 g/mol. The second-order valence-electron chi connectivity index (χ2n) is 3.17. The van der Waals surface area contributed by atoms with Crippen LogP contribution in [0.2, 0.25) is 0 Å². The second-order valence-corrected chi connectivity index (χ2v) is 3.17. The lowest BCUT2D eigenvalue weighted by Crippen LogP contribution is -2.00. The highest BCUT2D eigenvalue weighted by Gasteiger charge is 2.13. The first-order valence-corrected chi connectivity index (χ1v) is 4.55. The number of aliphatic imine (C=N–C) groups is 1. The Bertz CT molecular complexity index is 501. The molecule has 2 aromatic rings. The first kappa shape index (κ1) is 7.55. The number of aromatic amines is 1. The average molecular weight is 187 g/mol. The Labute approximate surface area is 80.6 Å². The van der Waals surface area contributed by atoms with Crippen LogP contribution in [0, 0.1) is 0 Å². The Kier molecular flexibility index (Phi) is 1.53. The first-order chi connectivity index (χ1) is 6.95. The Balaban J connectivity index is 2.24. The molecule has 4 heteroatoms. The maximum absolute atomic E-state index is 5.42.